The van der Waals surface area contributed by atoms with Gasteiger partial charge in [-0.25, -0.2) is 0 Å². The van der Waals surface area contributed by atoms with Crippen LogP contribution in [-0.4, -0.2) is 29.1 Å². The quantitative estimate of drug-likeness (QED) is 0.813. The molecule has 3 nitrogen and oxygen atoms in total. The lowest BCUT2D eigenvalue weighted by molar-refractivity contribution is -0.138. The summed E-state index contributed by atoms with van der Waals surface area (Å²) in [5, 5.41) is 9.84. The van der Waals surface area contributed by atoms with Crippen molar-refractivity contribution in [3.05, 3.63) is 46.5 Å². The third kappa shape index (κ3) is 4.02. The molecule has 18 heavy (non-hydrogen) atoms. The molecule has 98 valence electrons. The van der Waals surface area contributed by atoms with Gasteiger partial charge >= 0.3 is 5.97 Å². The fourth-order valence-electron chi connectivity index (χ4n) is 1.68. The lowest BCUT2D eigenvalue weighted by atomic mass is 10.1. The molecule has 5 heteroatoms. The maximum atomic E-state index is 10.8. The van der Waals surface area contributed by atoms with Gasteiger partial charge in [0.2, 0.25) is 0 Å². The van der Waals surface area contributed by atoms with E-state index < -0.39 is 5.97 Å². The second kappa shape index (κ2) is 6.78. The van der Waals surface area contributed by atoms with E-state index in [1.165, 1.54) is 0 Å². The number of carboxylic acids is 1. The Morgan fingerprint density at radius 3 is 2.67 bits per heavy atom. The highest BCUT2D eigenvalue weighted by Gasteiger charge is 2.17. The van der Waals surface area contributed by atoms with E-state index in [-0.39, 0.29) is 12.6 Å². The van der Waals surface area contributed by atoms with E-state index in [9.17, 15) is 4.79 Å². The molecule has 1 aromatic carbocycles. The highest BCUT2D eigenvalue weighted by atomic mass is 35.5. The molecule has 1 aromatic rings. The van der Waals surface area contributed by atoms with Crippen LogP contribution in [0.3, 0.4) is 0 Å². The molecule has 0 aliphatic heterocycles. The Morgan fingerprint density at radius 1 is 1.50 bits per heavy atom. The standard InChI is InChI=1S/C13H15Cl2NO2/c1-3-6-16(8-13(17)18)9(2)10-4-5-11(14)12(15)7-10/h3-5,7,9H,1,6,8H2,2H3,(H,17,18). The van der Waals surface area contributed by atoms with E-state index in [0.717, 1.165) is 5.56 Å². The predicted molar refractivity (Wildman–Crippen MR) is 74.3 cm³/mol. The van der Waals surface area contributed by atoms with E-state index in [4.69, 9.17) is 28.3 Å². The van der Waals surface area contributed by atoms with E-state index in [1.54, 1.807) is 23.1 Å². The van der Waals surface area contributed by atoms with Crippen molar-refractivity contribution in [2.75, 3.05) is 13.1 Å². The molecule has 0 aromatic heterocycles. The first-order chi connectivity index (χ1) is 8.45. The maximum Gasteiger partial charge on any atom is 0.317 e. The van der Waals surface area contributed by atoms with Crippen molar-refractivity contribution >= 4 is 29.2 Å². The minimum absolute atomic E-state index is 0.0482. The molecule has 0 radical (unpaired) electrons. The highest BCUT2D eigenvalue weighted by molar-refractivity contribution is 6.42. The highest BCUT2D eigenvalue weighted by Crippen LogP contribution is 2.28. The molecule has 1 unspecified atom stereocenters. The van der Waals surface area contributed by atoms with Crippen LogP contribution in [0.15, 0.2) is 30.9 Å². The smallest absolute Gasteiger partial charge is 0.317 e. The molecule has 1 rings (SSSR count). The summed E-state index contributed by atoms with van der Waals surface area (Å²) >= 11 is 11.8. The molecular weight excluding hydrogens is 273 g/mol. The van der Waals surface area contributed by atoms with Crippen LogP contribution >= 0.6 is 23.2 Å². The third-order valence-electron chi connectivity index (χ3n) is 2.68. The summed E-state index contributed by atoms with van der Waals surface area (Å²) in [5.74, 6) is -0.872. The van der Waals surface area contributed by atoms with E-state index in [0.29, 0.717) is 16.6 Å². The summed E-state index contributed by atoms with van der Waals surface area (Å²) in [5.41, 5.74) is 0.924. The first-order valence-electron chi connectivity index (χ1n) is 5.47. The number of rotatable bonds is 6. The zero-order chi connectivity index (χ0) is 13.7. The van der Waals surface area contributed by atoms with Gasteiger partial charge in [-0.05, 0) is 24.6 Å². The molecule has 0 aliphatic rings. The van der Waals surface area contributed by atoms with Gasteiger partial charge in [0.25, 0.3) is 0 Å². The van der Waals surface area contributed by atoms with Crippen molar-refractivity contribution in [2.24, 2.45) is 0 Å². The molecule has 1 N–H and O–H groups in total. The molecule has 0 bridgehead atoms. The summed E-state index contributed by atoms with van der Waals surface area (Å²) in [6, 6.07) is 5.24. The molecule has 0 fully saturated rings. The van der Waals surface area contributed by atoms with Gasteiger partial charge in [-0.15, -0.1) is 6.58 Å². The van der Waals surface area contributed by atoms with Gasteiger partial charge in [0, 0.05) is 12.6 Å². The van der Waals surface area contributed by atoms with Crippen LogP contribution in [0.4, 0.5) is 0 Å². The molecule has 0 spiro atoms. The molecule has 0 amide bonds. The van der Waals surface area contributed by atoms with Crippen LogP contribution in [0, 0.1) is 0 Å². The summed E-state index contributed by atoms with van der Waals surface area (Å²) in [7, 11) is 0. The number of hydrogen-bond donors (Lipinski definition) is 1. The van der Waals surface area contributed by atoms with Crippen LogP contribution in [0.1, 0.15) is 18.5 Å². The fourth-order valence-corrected chi connectivity index (χ4v) is 1.99. The first kappa shape index (κ1) is 15.0. The van der Waals surface area contributed by atoms with E-state index in [1.807, 2.05) is 13.0 Å². The van der Waals surface area contributed by atoms with Crippen molar-refractivity contribution in [1.29, 1.82) is 0 Å². The average molecular weight is 288 g/mol. The Hall–Kier alpha value is -1.03. The van der Waals surface area contributed by atoms with Crippen molar-refractivity contribution in [3.8, 4) is 0 Å². The number of nitrogens with zero attached hydrogens (tertiary/aromatic N) is 1. The largest absolute Gasteiger partial charge is 0.480 e. The average Bonchev–Trinajstić information content (AvgIpc) is 2.31. The van der Waals surface area contributed by atoms with Gasteiger partial charge in [-0.2, -0.15) is 0 Å². The third-order valence-corrected chi connectivity index (χ3v) is 3.41. The van der Waals surface area contributed by atoms with Crippen molar-refractivity contribution in [2.45, 2.75) is 13.0 Å². The van der Waals surface area contributed by atoms with Gasteiger partial charge in [0.1, 0.15) is 0 Å². The number of aliphatic carboxylic acids is 1. The first-order valence-corrected chi connectivity index (χ1v) is 6.23. The number of halogens is 2. The van der Waals surface area contributed by atoms with Crippen LogP contribution in [-0.2, 0) is 4.79 Å². The zero-order valence-electron chi connectivity index (χ0n) is 10.1. The molecule has 1 atom stereocenters. The van der Waals surface area contributed by atoms with Crippen molar-refractivity contribution in [1.82, 2.24) is 4.90 Å². The second-order valence-electron chi connectivity index (χ2n) is 3.96. The number of hydrogen-bond acceptors (Lipinski definition) is 2. The van der Waals surface area contributed by atoms with Gasteiger partial charge in [0.05, 0.1) is 16.6 Å². The van der Waals surface area contributed by atoms with Crippen LogP contribution in [0.5, 0.6) is 0 Å². The fraction of sp³-hybridized carbons (Fsp3) is 0.308. The van der Waals surface area contributed by atoms with Crippen LogP contribution in [0.2, 0.25) is 10.0 Å². The minimum atomic E-state index is -0.872. The summed E-state index contributed by atoms with van der Waals surface area (Å²) in [6.07, 6.45) is 1.68. The van der Waals surface area contributed by atoms with Gasteiger partial charge in [0.15, 0.2) is 0 Å². The Bertz CT molecular complexity index is 449. The molecule has 0 saturated carbocycles. The number of carbonyl (C=O) groups is 1. The Kier molecular flexibility index (Phi) is 5.66. The van der Waals surface area contributed by atoms with Crippen LogP contribution in [0.25, 0.3) is 0 Å². The monoisotopic (exact) mass is 287 g/mol. The van der Waals surface area contributed by atoms with Gasteiger partial charge < -0.3 is 5.11 Å². The molecule has 0 heterocycles. The van der Waals surface area contributed by atoms with Crippen LogP contribution < -0.4 is 0 Å². The Labute approximate surface area is 117 Å². The van der Waals surface area contributed by atoms with Gasteiger partial charge in [-0.3, -0.25) is 9.69 Å². The minimum Gasteiger partial charge on any atom is -0.480 e. The molecular formula is C13H15Cl2NO2. The van der Waals surface area contributed by atoms with E-state index in [2.05, 4.69) is 6.58 Å². The lowest BCUT2D eigenvalue weighted by Gasteiger charge is -2.26. The topological polar surface area (TPSA) is 40.5 Å². The number of carboxylic acid groups (broad SMARTS) is 1. The lowest BCUT2D eigenvalue weighted by Crippen LogP contribution is -2.32. The summed E-state index contributed by atoms with van der Waals surface area (Å²) in [4.78, 5) is 12.6. The predicted octanol–water partition coefficient (Wildman–Crippen LogP) is 3.63. The Balaban J connectivity index is 2.93. The second-order valence-corrected chi connectivity index (χ2v) is 4.78. The maximum absolute atomic E-state index is 10.8. The zero-order valence-corrected chi connectivity index (χ0v) is 11.6. The summed E-state index contributed by atoms with van der Waals surface area (Å²) < 4.78 is 0. The summed E-state index contributed by atoms with van der Waals surface area (Å²) in [6.45, 7) is 6.00. The van der Waals surface area contributed by atoms with Crippen molar-refractivity contribution < 1.29 is 9.90 Å². The van der Waals surface area contributed by atoms with Gasteiger partial charge in [-0.1, -0.05) is 35.3 Å². The molecule has 0 aliphatic carbocycles. The normalized spacial score (nSPS) is 12.4. The Morgan fingerprint density at radius 2 is 2.17 bits per heavy atom. The molecule has 0 saturated heterocycles. The van der Waals surface area contributed by atoms with Crippen molar-refractivity contribution in [3.63, 3.8) is 0 Å². The SMILES string of the molecule is C=CCN(CC(=O)O)C(C)c1ccc(Cl)c(Cl)c1. The van der Waals surface area contributed by atoms with E-state index >= 15 is 0 Å². The number of benzene rings is 1.